The first kappa shape index (κ1) is 11.9. The molecule has 3 rings (SSSR count). The summed E-state index contributed by atoms with van der Waals surface area (Å²) in [6, 6.07) is 3.23. The van der Waals surface area contributed by atoms with Gasteiger partial charge in [-0.3, -0.25) is 4.79 Å². The van der Waals surface area contributed by atoms with E-state index in [0.717, 1.165) is 11.2 Å². The smallest absolute Gasteiger partial charge is 0.220 e. The number of rotatable bonds is 1. The molecule has 0 aromatic carbocycles. The lowest BCUT2D eigenvalue weighted by molar-refractivity contribution is 0.945. The van der Waals surface area contributed by atoms with Gasteiger partial charge in [0.05, 0.1) is 15.7 Å². The van der Waals surface area contributed by atoms with E-state index >= 15 is 0 Å². The minimum atomic E-state index is -0.0755. The van der Waals surface area contributed by atoms with Gasteiger partial charge < -0.3 is 15.3 Å². The molecule has 3 aromatic heterocycles. The van der Waals surface area contributed by atoms with E-state index in [0.29, 0.717) is 15.7 Å². The molecule has 96 valence electrons. The summed E-state index contributed by atoms with van der Waals surface area (Å²) >= 11 is 3.28. The Morgan fingerprint density at radius 3 is 3.00 bits per heavy atom. The van der Waals surface area contributed by atoms with Crippen LogP contribution in [0.25, 0.3) is 22.3 Å². The van der Waals surface area contributed by atoms with Gasteiger partial charge in [0.1, 0.15) is 5.65 Å². The molecule has 3 heterocycles. The van der Waals surface area contributed by atoms with E-state index in [1.54, 1.807) is 12.3 Å². The maximum absolute atomic E-state index is 12.2. The van der Waals surface area contributed by atoms with Crippen molar-refractivity contribution in [1.82, 2.24) is 19.5 Å². The Labute approximate surface area is 116 Å². The van der Waals surface area contributed by atoms with Crippen LogP contribution < -0.4 is 11.2 Å². The third-order valence-electron chi connectivity index (χ3n) is 2.87. The number of halogens is 1. The second-order valence-corrected chi connectivity index (χ2v) is 5.01. The van der Waals surface area contributed by atoms with Gasteiger partial charge in [0.15, 0.2) is 5.43 Å². The molecular weight excluding hydrogens is 310 g/mol. The summed E-state index contributed by atoms with van der Waals surface area (Å²) in [6.07, 6.45) is 3.42. The summed E-state index contributed by atoms with van der Waals surface area (Å²) in [7, 11) is 1.86. The van der Waals surface area contributed by atoms with Gasteiger partial charge in [0, 0.05) is 31.1 Å². The van der Waals surface area contributed by atoms with Crippen LogP contribution in [-0.4, -0.2) is 19.5 Å². The molecule has 0 bridgehead atoms. The fourth-order valence-corrected chi connectivity index (χ4v) is 2.48. The van der Waals surface area contributed by atoms with Gasteiger partial charge in [0.25, 0.3) is 0 Å². The first-order chi connectivity index (χ1) is 9.06. The van der Waals surface area contributed by atoms with Crippen LogP contribution in [0.2, 0.25) is 0 Å². The molecule has 0 unspecified atom stereocenters. The number of nitrogens with one attached hydrogen (secondary N) is 1. The number of aryl methyl sites for hydroxylation is 1. The Bertz CT molecular complexity index is 836. The average molecular weight is 320 g/mol. The standard InChI is InChI=1S/C12H10BrN5O/c1-18-5-6(7-2-3-15-12(14)16-7)10-8(19)4-9(13)17-11(10)18/h2-5H,1H3,(H,17,19)(H2,14,15,16). The van der Waals surface area contributed by atoms with Crippen molar-refractivity contribution in [2.45, 2.75) is 0 Å². The highest BCUT2D eigenvalue weighted by molar-refractivity contribution is 9.10. The molecule has 0 aliphatic rings. The van der Waals surface area contributed by atoms with Gasteiger partial charge in [0.2, 0.25) is 5.95 Å². The van der Waals surface area contributed by atoms with Crippen molar-refractivity contribution in [3.05, 3.63) is 39.4 Å². The fourth-order valence-electron chi connectivity index (χ4n) is 2.08. The lowest BCUT2D eigenvalue weighted by atomic mass is 10.1. The van der Waals surface area contributed by atoms with Crippen LogP contribution in [0, 0.1) is 0 Å². The Morgan fingerprint density at radius 2 is 2.26 bits per heavy atom. The summed E-state index contributed by atoms with van der Waals surface area (Å²) < 4.78 is 2.48. The number of aromatic nitrogens is 4. The van der Waals surface area contributed by atoms with Gasteiger partial charge in [-0.1, -0.05) is 0 Å². The van der Waals surface area contributed by atoms with Crippen LogP contribution in [0.3, 0.4) is 0 Å². The first-order valence-electron chi connectivity index (χ1n) is 5.53. The van der Waals surface area contributed by atoms with Gasteiger partial charge in [-0.25, -0.2) is 9.97 Å². The molecule has 3 aromatic rings. The lowest BCUT2D eigenvalue weighted by Gasteiger charge is -1.99. The lowest BCUT2D eigenvalue weighted by Crippen LogP contribution is -2.03. The number of aromatic amines is 1. The second kappa shape index (κ2) is 4.20. The number of hydrogen-bond acceptors (Lipinski definition) is 4. The highest BCUT2D eigenvalue weighted by atomic mass is 79.9. The third-order valence-corrected chi connectivity index (χ3v) is 3.30. The zero-order chi connectivity index (χ0) is 13.6. The molecule has 0 fully saturated rings. The van der Waals surface area contributed by atoms with E-state index in [1.807, 2.05) is 17.8 Å². The minimum Gasteiger partial charge on any atom is -0.368 e. The van der Waals surface area contributed by atoms with Crippen LogP contribution >= 0.6 is 15.9 Å². The van der Waals surface area contributed by atoms with Crippen LogP contribution in [0.1, 0.15) is 0 Å². The first-order valence-corrected chi connectivity index (χ1v) is 6.32. The van der Waals surface area contributed by atoms with Crippen LogP contribution in [-0.2, 0) is 7.05 Å². The monoisotopic (exact) mass is 319 g/mol. The molecule has 0 saturated heterocycles. The number of H-pyrrole nitrogens is 1. The van der Waals surface area contributed by atoms with E-state index in [9.17, 15) is 4.79 Å². The molecule has 0 saturated carbocycles. The molecule has 0 spiro atoms. The zero-order valence-electron chi connectivity index (χ0n) is 10.0. The number of nitrogen functional groups attached to an aromatic ring is 1. The van der Waals surface area contributed by atoms with E-state index < -0.39 is 0 Å². The molecule has 3 N–H and O–H groups in total. The predicted molar refractivity (Wildman–Crippen MR) is 76.7 cm³/mol. The highest BCUT2D eigenvalue weighted by Crippen LogP contribution is 2.26. The Hall–Kier alpha value is -2.15. The maximum Gasteiger partial charge on any atom is 0.220 e. The Balaban J connectivity index is 2.40. The molecule has 7 heteroatoms. The Morgan fingerprint density at radius 1 is 1.47 bits per heavy atom. The summed E-state index contributed by atoms with van der Waals surface area (Å²) in [4.78, 5) is 23.3. The molecule has 19 heavy (non-hydrogen) atoms. The minimum absolute atomic E-state index is 0.0755. The van der Waals surface area contributed by atoms with Crippen LogP contribution in [0.4, 0.5) is 5.95 Å². The van der Waals surface area contributed by atoms with E-state index in [4.69, 9.17) is 5.73 Å². The fraction of sp³-hybridized carbons (Fsp3) is 0.0833. The molecule has 6 nitrogen and oxygen atoms in total. The molecule has 0 radical (unpaired) electrons. The topological polar surface area (TPSA) is 89.6 Å². The maximum atomic E-state index is 12.2. The van der Waals surface area contributed by atoms with Crippen LogP contribution in [0.5, 0.6) is 0 Å². The second-order valence-electron chi connectivity index (χ2n) is 4.16. The third kappa shape index (κ3) is 1.91. The SMILES string of the molecule is Cn1cc(-c2ccnc(N)n2)c2c(=O)cc(Br)[nH]c21. The number of hydrogen-bond donors (Lipinski definition) is 2. The van der Waals surface area contributed by atoms with Gasteiger partial charge in [-0.15, -0.1) is 0 Å². The van der Waals surface area contributed by atoms with Crippen molar-refractivity contribution in [2.75, 3.05) is 5.73 Å². The van der Waals surface area contributed by atoms with Crippen molar-refractivity contribution in [2.24, 2.45) is 7.05 Å². The van der Waals surface area contributed by atoms with E-state index in [-0.39, 0.29) is 11.4 Å². The molecule has 0 amide bonds. The highest BCUT2D eigenvalue weighted by Gasteiger charge is 2.14. The molecular formula is C12H10BrN5O. The van der Waals surface area contributed by atoms with E-state index in [1.165, 1.54) is 6.07 Å². The number of pyridine rings is 1. The van der Waals surface area contributed by atoms with Gasteiger partial charge >= 0.3 is 0 Å². The molecule has 0 aliphatic heterocycles. The summed E-state index contributed by atoms with van der Waals surface area (Å²) in [6.45, 7) is 0. The largest absolute Gasteiger partial charge is 0.368 e. The van der Waals surface area contributed by atoms with Gasteiger partial charge in [-0.2, -0.15) is 0 Å². The van der Waals surface area contributed by atoms with Crippen molar-refractivity contribution >= 4 is 32.9 Å². The number of nitrogens with two attached hydrogens (primary N) is 1. The summed E-state index contributed by atoms with van der Waals surface area (Å²) in [5.74, 6) is 0.183. The predicted octanol–water partition coefficient (Wildman–Crippen LogP) is 1.67. The van der Waals surface area contributed by atoms with Gasteiger partial charge in [-0.05, 0) is 22.0 Å². The summed E-state index contributed by atoms with van der Waals surface area (Å²) in [5, 5.41) is 0.587. The normalized spacial score (nSPS) is 11.1. The molecule has 0 aliphatic carbocycles. The Kier molecular flexibility index (Phi) is 2.63. The number of fused-ring (bicyclic) bond motifs is 1. The number of nitrogens with zero attached hydrogens (tertiary/aromatic N) is 3. The van der Waals surface area contributed by atoms with Crippen molar-refractivity contribution in [3.63, 3.8) is 0 Å². The van der Waals surface area contributed by atoms with Crippen LogP contribution in [0.15, 0.2) is 33.9 Å². The summed E-state index contributed by atoms with van der Waals surface area (Å²) in [5.41, 5.74) is 7.61. The molecule has 0 atom stereocenters. The zero-order valence-corrected chi connectivity index (χ0v) is 11.6. The van der Waals surface area contributed by atoms with Crippen molar-refractivity contribution in [1.29, 1.82) is 0 Å². The van der Waals surface area contributed by atoms with Crippen molar-refractivity contribution in [3.8, 4) is 11.3 Å². The van der Waals surface area contributed by atoms with E-state index in [2.05, 4.69) is 30.9 Å². The quantitative estimate of drug-likeness (QED) is 0.668. The average Bonchev–Trinajstić information content (AvgIpc) is 2.67. The number of anilines is 1. The van der Waals surface area contributed by atoms with Crippen molar-refractivity contribution < 1.29 is 0 Å².